The third-order valence-electron chi connectivity index (χ3n) is 2.69. The summed E-state index contributed by atoms with van der Waals surface area (Å²) in [5.74, 6) is -4.13. The maximum Gasteiger partial charge on any atom is 0.573 e. The number of rotatable bonds is 4. The van der Waals surface area contributed by atoms with Crippen LogP contribution in [0.4, 0.5) is 46.5 Å². The number of benzene rings is 2. The van der Waals surface area contributed by atoms with Gasteiger partial charge in [-0.2, -0.15) is 4.39 Å². The van der Waals surface area contributed by atoms with Crippen molar-refractivity contribution in [1.82, 2.24) is 0 Å². The molecule has 164 valence electrons. The lowest BCUT2D eigenvalue weighted by Crippen LogP contribution is -2.18. The second-order valence-corrected chi connectivity index (χ2v) is 4.84. The summed E-state index contributed by atoms with van der Waals surface area (Å²) in [4.78, 5) is 18.1. The molecule has 0 aromatic heterocycles. The van der Waals surface area contributed by atoms with Crippen molar-refractivity contribution < 1.29 is 54.4 Å². The topological polar surface area (TPSA) is 105 Å². The molecule has 16 heteroatoms. The van der Waals surface area contributed by atoms with Gasteiger partial charge in [0.25, 0.3) is 0 Å². The Morgan fingerprint density at radius 1 is 0.733 bits per heavy atom. The third-order valence-corrected chi connectivity index (χ3v) is 2.69. The third kappa shape index (κ3) is 8.11. The van der Waals surface area contributed by atoms with Crippen LogP contribution in [-0.4, -0.2) is 22.6 Å². The fourth-order valence-electron chi connectivity index (χ4n) is 1.67. The number of hydrogen-bond acceptors (Lipinski definition) is 6. The van der Waals surface area contributed by atoms with Crippen molar-refractivity contribution in [2.45, 2.75) is 12.7 Å². The van der Waals surface area contributed by atoms with E-state index in [1.54, 1.807) is 0 Å². The minimum atomic E-state index is -5.05. The molecule has 0 bridgehead atoms. The summed E-state index contributed by atoms with van der Waals surface area (Å²) in [6, 6.07) is 3.06. The van der Waals surface area contributed by atoms with Gasteiger partial charge in [-0.15, -0.1) is 26.3 Å². The Labute approximate surface area is 159 Å². The summed E-state index contributed by atoms with van der Waals surface area (Å²) in [6.45, 7) is 0. The maximum atomic E-state index is 12.7. The molecule has 0 atom stereocenters. The van der Waals surface area contributed by atoms with Crippen LogP contribution in [0.3, 0.4) is 0 Å². The number of nitrogens with zero attached hydrogens (tertiary/aromatic N) is 2. The Kier molecular flexibility index (Phi) is 7.45. The lowest BCUT2D eigenvalue weighted by Gasteiger charge is -2.08. The van der Waals surface area contributed by atoms with Crippen molar-refractivity contribution in [3.05, 3.63) is 68.3 Å². The molecule has 0 N–H and O–H groups in total. The smallest absolute Gasteiger partial charge is 0.406 e. The quantitative estimate of drug-likeness (QED) is 0.357. The van der Waals surface area contributed by atoms with Crippen molar-refractivity contribution in [3.63, 3.8) is 0 Å². The molecule has 0 spiro atoms. The number of nitro groups is 2. The molecule has 0 aliphatic carbocycles. The van der Waals surface area contributed by atoms with Crippen LogP contribution < -0.4 is 9.47 Å². The van der Waals surface area contributed by atoms with E-state index in [9.17, 15) is 55.4 Å². The summed E-state index contributed by atoms with van der Waals surface area (Å²) in [5, 5.41) is 20.4. The molecule has 0 aliphatic heterocycles. The Bertz CT molecular complexity index is 932. The molecular weight excluding hydrogens is 444 g/mol. The molecular formula is C14H6F8N2O6. The van der Waals surface area contributed by atoms with Crippen molar-refractivity contribution in [1.29, 1.82) is 0 Å². The number of alkyl halides is 6. The highest BCUT2D eigenvalue weighted by Crippen LogP contribution is 2.32. The van der Waals surface area contributed by atoms with Crippen LogP contribution in [0, 0.1) is 31.9 Å². The molecule has 30 heavy (non-hydrogen) atoms. The normalized spacial score (nSPS) is 11.2. The van der Waals surface area contributed by atoms with Crippen molar-refractivity contribution in [2.24, 2.45) is 0 Å². The van der Waals surface area contributed by atoms with Gasteiger partial charge in [-0.1, -0.05) is 0 Å². The van der Waals surface area contributed by atoms with E-state index in [0.29, 0.717) is 36.4 Å². The SMILES string of the molecule is O=[N+]([O-])c1cc(F)ccc1OC(F)(F)F.O=[N+]([O-])c1cc(OC(F)(F)F)ccc1F. The maximum absolute atomic E-state index is 12.7. The second kappa shape index (κ2) is 9.19. The predicted octanol–water partition coefficient (Wildman–Crippen LogP) is 5.27. The molecule has 0 radical (unpaired) electrons. The first-order valence-electron chi connectivity index (χ1n) is 6.98. The van der Waals surface area contributed by atoms with Crippen LogP contribution >= 0.6 is 0 Å². The molecule has 2 rings (SSSR count). The van der Waals surface area contributed by atoms with E-state index in [4.69, 9.17) is 0 Å². The molecule has 0 unspecified atom stereocenters. The zero-order chi connectivity index (χ0) is 23.3. The van der Waals surface area contributed by atoms with Crippen LogP contribution in [-0.2, 0) is 0 Å². The Morgan fingerprint density at radius 3 is 1.73 bits per heavy atom. The van der Waals surface area contributed by atoms with Gasteiger partial charge in [0, 0.05) is 0 Å². The molecule has 0 fully saturated rings. The highest BCUT2D eigenvalue weighted by Gasteiger charge is 2.34. The summed E-state index contributed by atoms with van der Waals surface area (Å²) in [7, 11) is 0. The van der Waals surface area contributed by atoms with Gasteiger partial charge in [-0.05, 0) is 24.3 Å². The lowest BCUT2D eigenvalue weighted by atomic mass is 10.3. The van der Waals surface area contributed by atoms with Crippen molar-refractivity contribution in [3.8, 4) is 11.5 Å². The van der Waals surface area contributed by atoms with Crippen LogP contribution in [0.25, 0.3) is 0 Å². The first kappa shape index (κ1) is 24.3. The molecule has 0 amide bonds. The number of nitro benzene ring substituents is 2. The van der Waals surface area contributed by atoms with Gasteiger partial charge in [-0.25, -0.2) is 4.39 Å². The molecule has 0 aliphatic rings. The number of hydrogen-bond donors (Lipinski definition) is 0. The van der Waals surface area contributed by atoms with Crippen LogP contribution in [0.1, 0.15) is 0 Å². The van der Waals surface area contributed by atoms with Gasteiger partial charge in [0.2, 0.25) is 11.6 Å². The van der Waals surface area contributed by atoms with Crippen molar-refractivity contribution in [2.75, 3.05) is 0 Å². The molecule has 0 heterocycles. The van der Waals surface area contributed by atoms with Gasteiger partial charge < -0.3 is 9.47 Å². The second-order valence-electron chi connectivity index (χ2n) is 4.84. The summed E-state index contributed by atoms with van der Waals surface area (Å²) in [5.41, 5.74) is -2.15. The first-order valence-corrected chi connectivity index (χ1v) is 6.98. The van der Waals surface area contributed by atoms with E-state index in [-0.39, 0.29) is 0 Å². The van der Waals surface area contributed by atoms with Gasteiger partial charge in [0.15, 0.2) is 0 Å². The largest absolute Gasteiger partial charge is 0.573 e. The fraction of sp³-hybridized carbons (Fsp3) is 0.143. The van der Waals surface area contributed by atoms with Gasteiger partial charge in [-0.3, -0.25) is 20.2 Å². The molecule has 2 aromatic rings. The number of halogens is 8. The minimum Gasteiger partial charge on any atom is -0.406 e. The van der Waals surface area contributed by atoms with E-state index in [0.717, 1.165) is 0 Å². The van der Waals surface area contributed by atoms with Crippen LogP contribution in [0.5, 0.6) is 11.5 Å². The summed E-state index contributed by atoms with van der Waals surface area (Å²) >= 11 is 0. The minimum absolute atomic E-state index is 0.348. The van der Waals surface area contributed by atoms with Gasteiger partial charge in [0.05, 0.1) is 22.0 Å². The Hall–Kier alpha value is -3.72. The molecule has 8 nitrogen and oxygen atoms in total. The van der Waals surface area contributed by atoms with E-state index < -0.39 is 57.1 Å². The highest BCUT2D eigenvalue weighted by atomic mass is 19.4. The zero-order valence-corrected chi connectivity index (χ0v) is 13.8. The lowest BCUT2D eigenvalue weighted by molar-refractivity contribution is -0.388. The van der Waals surface area contributed by atoms with E-state index in [2.05, 4.69) is 9.47 Å². The number of ether oxygens (including phenoxy) is 2. The highest BCUT2D eigenvalue weighted by molar-refractivity contribution is 5.46. The Morgan fingerprint density at radius 2 is 1.27 bits per heavy atom. The van der Waals surface area contributed by atoms with Gasteiger partial charge in [0.1, 0.15) is 11.6 Å². The van der Waals surface area contributed by atoms with Crippen LogP contribution in [0.2, 0.25) is 0 Å². The van der Waals surface area contributed by atoms with E-state index in [1.807, 2.05) is 0 Å². The molecule has 0 saturated carbocycles. The average Bonchev–Trinajstić information content (AvgIpc) is 2.56. The van der Waals surface area contributed by atoms with Crippen LogP contribution in [0.15, 0.2) is 36.4 Å². The van der Waals surface area contributed by atoms with Crippen molar-refractivity contribution >= 4 is 11.4 Å². The standard InChI is InChI=1S/2C7H3F4NO3/c8-4-1-2-6(15-7(9,10)11)5(3-4)12(13)14;8-5-2-1-4(15-7(9,10)11)3-6(5)12(13)14/h2*1-3H. The molecule has 0 saturated heterocycles. The summed E-state index contributed by atoms with van der Waals surface area (Å²) < 4.78 is 102. The summed E-state index contributed by atoms with van der Waals surface area (Å²) in [6.07, 6.45) is -10.0. The Balaban J connectivity index is 0.000000300. The van der Waals surface area contributed by atoms with E-state index >= 15 is 0 Å². The van der Waals surface area contributed by atoms with E-state index in [1.165, 1.54) is 0 Å². The predicted molar refractivity (Wildman–Crippen MR) is 79.5 cm³/mol. The fourth-order valence-corrected chi connectivity index (χ4v) is 1.67. The molecule has 2 aromatic carbocycles. The van der Waals surface area contributed by atoms with Gasteiger partial charge >= 0.3 is 24.1 Å². The average molecular weight is 450 g/mol. The monoisotopic (exact) mass is 450 g/mol. The zero-order valence-electron chi connectivity index (χ0n) is 13.8. The first-order chi connectivity index (χ1) is 13.6.